The van der Waals surface area contributed by atoms with E-state index < -0.39 is 5.82 Å². The van der Waals surface area contributed by atoms with E-state index >= 15 is 0 Å². The number of halogens is 2. The van der Waals surface area contributed by atoms with Crippen LogP contribution in [0.3, 0.4) is 0 Å². The molecule has 1 saturated heterocycles. The highest BCUT2D eigenvalue weighted by atomic mass is 35.5. The molecular formula is C31H30ClFN2O3S. The number of hydrogen-bond donors (Lipinski definition) is 0. The molecule has 5 nitrogen and oxygen atoms in total. The second-order valence-electron chi connectivity index (χ2n) is 9.48. The Morgan fingerprint density at radius 3 is 2.54 bits per heavy atom. The van der Waals surface area contributed by atoms with Crippen LogP contribution in [0, 0.1) is 5.82 Å². The summed E-state index contributed by atoms with van der Waals surface area (Å²) in [6.07, 6.45) is 6.99. The van der Waals surface area contributed by atoms with Gasteiger partial charge in [-0.3, -0.25) is 9.69 Å². The number of hydrogen-bond acceptors (Lipinski definition) is 5. The molecule has 2 fully saturated rings. The predicted octanol–water partition coefficient (Wildman–Crippen LogP) is 8.39. The Morgan fingerprint density at radius 2 is 1.79 bits per heavy atom. The quantitative estimate of drug-likeness (QED) is 0.258. The van der Waals surface area contributed by atoms with Crippen LogP contribution in [0.4, 0.5) is 10.1 Å². The van der Waals surface area contributed by atoms with Gasteiger partial charge in [0.2, 0.25) is 0 Å². The van der Waals surface area contributed by atoms with E-state index in [2.05, 4.69) is 4.99 Å². The summed E-state index contributed by atoms with van der Waals surface area (Å²) in [4.78, 5) is 20.6. The zero-order valence-electron chi connectivity index (χ0n) is 21.7. The molecule has 8 heteroatoms. The van der Waals surface area contributed by atoms with Crippen LogP contribution in [0.2, 0.25) is 5.02 Å². The zero-order chi connectivity index (χ0) is 27.2. The topological polar surface area (TPSA) is 51.1 Å². The van der Waals surface area contributed by atoms with Crippen molar-refractivity contribution in [2.45, 2.75) is 51.7 Å². The van der Waals surface area contributed by atoms with Crippen molar-refractivity contribution in [1.29, 1.82) is 0 Å². The third kappa shape index (κ3) is 6.65. The molecule has 0 N–H and O–H groups in total. The van der Waals surface area contributed by atoms with Gasteiger partial charge in [-0.25, -0.2) is 9.38 Å². The molecule has 1 aliphatic carbocycles. The van der Waals surface area contributed by atoms with Gasteiger partial charge in [-0.15, -0.1) is 0 Å². The fraction of sp³-hybridized carbons (Fsp3) is 0.290. The Hall–Kier alpha value is -3.29. The van der Waals surface area contributed by atoms with E-state index in [-0.39, 0.29) is 17.6 Å². The molecule has 0 atom stereocenters. The lowest BCUT2D eigenvalue weighted by Crippen LogP contribution is -2.40. The van der Waals surface area contributed by atoms with Crippen LogP contribution in [0.1, 0.15) is 50.2 Å². The maximum atomic E-state index is 14.4. The monoisotopic (exact) mass is 564 g/mol. The number of ether oxygens (including phenoxy) is 2. The summed E-state index contributed by atoms with van der Waals surface area (Å²) in [5.41, 5.74) is 2.03. The van der Waals surface area contributed by atoms with Gasteiger partial charge in [0.1, 0.15) is 18.1 Å². The summed E-state index contributed by atoms with van der Waals surface area (Å²) in [6, 6.07) is 19.6. The van der Waals surface area contributed by atoms with Gasteiger partial charge >= 0.3 is 0 Å². The Bertz CT molecular complexity index is 1390. The first-order valence-electron chi connectivity index (χ1n) is 13.2. The Morgan fingerprint density at radius 1 is 1.03 bits per heavy atom. The van der Waals surface area contributed by atoms with Crippen molar-refractivity contribution in [2.75, 3.05) is 6.61 Å². The molecule has 1 saturated carbocycles. The molecule has 0 unspecified atom stereocenters. The van der Waals surface area contributed by atoms with Crippen molar-refractivity contribution >= 4 is 46.2 Å². The second kappa shape index (κ2) is 12.7. The lowest BCUT2D eigenvalue weighted by molar-refractivity contribution is -0.124. The number of carbonyl (C=O) groups excluding carboxylic acids is 1. The smallest absolute Gasteiger partial charge is 0.267 e. The van der Waals surface area contributed by atoms with Gasteiger partial charge in [-0.1, -0.05) is 61.2 Å². The van der Waals surface area contributed by atoms with E-state index in [9.17, 15) is 9.18 Å². The van der Waals surface area contributed by atoms with E-state index in [1.807, 2.05) is 55.5 Å². The first-order valence-corrected chi connectivity index (χ1v) is 14.4. The van der Waals surface area contributed by atoms with Crippen LogP contribution in [0.5, 0.6) is 11.5 Å². The van der Waals surface area contributed by atoms with Crippen molar-refractivity contribution in [3.8, 4) is 11.5 Å². The summed E-state index contributed by atoms with van der Waals surface area (Å²) in [5.74, 6) is 0.711. The fourth-order valence-electron chi connectivity index (χ4n) is 4.77. The number of amides is 1. The molecule has 5 rings (SSSR count). The Balaban J connectivity index is 1.42. The molecule has 0 aromatic heterocycles. The summed E-state index contributed by atoms with van der Waals surface area (Å²) in [6.45, 7) is 2.76. The van der Waals surface area contributed by atoms with E-state index in [4.69, 9.17) is 21.1 Å². The Labute approximate surface area is 237 Å². The number of rotatable bonds is 8. The number of para-hydroxylation sites is 1. The summed E-state index contributed by atoms with van der Waals surface area (Å²) >= 11 is 7.27. The van der Waals surface area contributed by atoms with Crippen LogP contribution in [0.15, 0.2) is 76.6 Å². The third-order valence-corrected chi connectivity index (χ3v) is 7.95. The maximum absolute atomic E-state index is 14.4. The molecule has 202 valence electrons. The summed E-state index contributed by atoms with van der Waals surface area (Å²) in [5, 5.41) is 1.20. The number of nitrogens with zero attached hydrogens (tertiary/aromatic N) is 2. The molecular weight excluding hydrogens is 535 g/mol. The number of carbonyl (C=O) groups is 1. The highest BCUT2D eigenvalue weighted by molar-refractivity contribution is 8.18. The highest BCUT2D eigenvalue weighted by Crippen LogP contribution is 2.39. The number of thioether (sulfide) groups is 1. The molecule has 1 aliphatic heterocycles. The van der Waals surface area contributed by atoms with Crippen molar-refractivity contribution in [3.63, 3.8) is 0 Å². The largest absolute Gasteiger partial charge is 0.490 e. The minimum atomic E-state index is -0.408. The van der Waals surface area contributed by atoms with E-state index in [0.29, 0.717) is 39.8 Å². The van der Waals surface area contributed by atoms with Gasteiger partial charge in [0.25, 0.3) is 5.91 Å². The number of benzene rings is 3. The van der Waals surface area contributed by atoms with Crippen molar-refractivity contribution in [2.24, 2.45) is 4.99 Å². The van der Waals surface area contributed by atoms with Crippen LogP contribution in [-0.4, -0.2) is 28.6 Å². The average Bonchev–Trinajstić information content (AvgIpc) is 3.25. The molecule has 0 bridgehead atoms. The molecule has 3 aromatic rings. The molecule has 0 spiro atoms. The van der Waals surface area contributed by atoms with Gasteiger partial charge in [0.15, 0.2) is 16.7 Å². The normalized spacial score (nSPS) is 18.2. The fourth-order valence-corrected chi connectivity index (χ4v) is 5.94. The van der Waals surface area contributed by atoms with Gasteiger partial charge in [-0.05, 0) is 85.1 Å². The van der Waals surface area contributed by atoms with Crippen LogP contribution in [-0.2, 0) is 11.4 Å². The summed E-state index contributed by atoms with van der Waals surface area (Å²) in [7, 11) is 0. The van der Waals surface area contributed by atoms with Crippen molar-refractivity contribution in [3.05, 3.63) is 93.6 Å². The van der Waals surface area contributed by atoms with Gasteiger partial charge in [0.05, 0.1) is 11.5 Å². The predicted molar refractivity (Wildman–Crippen MR) is 156 cm³/mol. The minimum Gasteiger partial charge on any atom is -0.490 e. The second-order valence-corrected chi connectivity index (χ2v) is 10.9. The number of aliphatic imine (C=N–C) groups is 1. The first kappa shape index (κ1) is 27.3. The molecule has 2 aliphatic rings. The summed E-state index contributed by atoms with van der Waals surface area (Å²) < 4.78 is 26.3. The van der Waals surface area contributed by atoms with E-state index in [0.717, 1.165) is 36.8 Å². The molecule has 0 radical (unpaired) electrons. The first-order chi connectivity index (χ1) is 19.0. The van der Waals surface area contributed by atoms with Gasteiger partial charge < -0.3 is 9.47 Å². The van der Waals surface area contributed by atoms with Crippen LogP contribution >= 0.6 is 23.4 Å². The molecule has 3 aromatic carbocycles. The number of amidine groups is 1. The van der Waals surface area contributed by atoms with Crippen LogP contribution < -0.4 is 9.47 Å². The third-order valence-electron chi connectivity index (χ3n) is 6.72. The maximum Gasteiger partial charge on any atom is 0.267 e. The van der Waals surface area contributed by atoms with Gasteiger partial charge in [-0.2, -0.15) is 0 Å². The molecule has 39 heavy (non-hydrogen) atoms. The average molecular weight is 565 g/mol. The van der Waals surface area contributed by atoms with E-state index in [1.54, 1.807) is 23.1 Å². The lowest BCUT2D eigenvalue weighted by atomic mass is 9.94. The SMILES string of the molecule is CCOc1cc(/C=C2\SC(=Nc3ccccc3F)N(C3CCCCC3)C2=O)ccc1OCc1ccc(Cl)cc1. The standard InChI is InChI=1S/C31H30ClFN2O3S/c1-2-37-28-18-22(14-17-27(28)38-20-21-12-15-23(32)16-13-21)19-29-30(36)35(24-8-4-3-5-9-24)31(39-29)34-26-11-7-6-10-25(26)33/h6-7,10-19,24H,2-5,8-9,20H2,1H3/b29-19-,34-31?. The minimum absolute atomic E-state index is 0.0674. The van der Waals surface area contributed by atoms with Crippen molar-refractivity contribution in [1.82, 2.24) is 4.90 Å². The Kier molecular flexibility index (Phi) is 8.89. The van der Waals surface area contributed by atoms with Gasteiger partial charge in [0, 0.05) is 11.1 Å². The zero-order valence-corrected chi connectivity index (χ0v) is 23.3. The lowest BCUT2D eigenvalue weighted by Gasteiger charge is -2.30. The van der Waals surface area contributed by atoms with E-state index in [1.165, 1.54) is 24.2 Å². The van der Waals surface area contributed by atoms with Crippen LogP contribution in [0.25, 0.3) is 6.08 Å². The molecule has 1 amide bonds. The highest BCUT2D eigenvalue weighted by Gasteiger charge is 2.38. The molecule has 1 heterocycles. The van der Waals surface area contributed by atoms with Crippen molar-refractivity contribution < 1.29 is 18.7 Å².